The molecule has 2 N–H and O–H groups in total. The molecule has 7 heteroatoms. The molecule has 2 aliphatic rings. The average Bonchev–Trinajstić information content (AvgIpc) is 3.15. The van der Waals surface area contributed by atoms with E-state index in [0.717, 1.165) is 0 Å². The molecule has 1 amide bonds. The van der Waals surface area contributed by atoms with Gasteiger partial charge in [0.15, 0.2) is 0 Å². The van der Waals surface area contributed by atoms with E-state index in [2.05, 4.69) is 5.32 Å². The molecule has 1 aromatic carbocycles. The van der Waals surface area contributed by atoms with Gasteiger partial charge in [0.2, 0.25) is 0 Å². The van der Waals surface area contributed by atoms with Gasteiger partial charge in [0.25, 0.3) is 11.5 Å². The van der Waals surface area contributed by atoms with Gasteiger partial charge in [-0.05, 0) is 6.07 Å². The molecule has 2 aromatic rings. The second-order valence-electron chi connectivity index (χ2n) is 6.22. The number of aromatic nitrogens is 1. The zero-order chi connectivity index (χ0) is 16.8. The van der Waals surface area contributed by atoms with Gasteiger partial charge in [-0.15, -0.1) is 0 Å². The smallest absolute Gasteiger partial charge is 0.252 e. The van der Waals surface area contributed by atoms with Crippen LogP contribution in [0.2, 0.25) is 0 Å². The van der Waals surface area contributed by atoms with E-state index in [0.29, 0.717) is 16.5 Å². The second kappa shape index (κ2) is 5.70. The third-order valence-electron chi connectivity index (χ3n) is 4.74. The lowest BCUT2D eigenvalue weighted by molar-refractivity contribution is 0.0178. The molecule has 0 aliphatic carbocycles. The Balaban J connectivity index is 1.65. The molecule has 4 rings (SSSR count). The Morgan fingerprint density at radius 2 is 2.00 bits per heavy atom. The van der Waals surface area contributed by atoms with E-state index in [-0.39, 0.29) is 36.8 Å². The molecule has 0 bridgehead atoms. The summed E-state index contributed by atoms with van der Waals surface area (Å²) in [6.45, 7) is 0.484. The van der Waals surface area contributed by atoms with Gasteiger partial charge in [0.05, 0.1) is 30.3 Å². The number of rotatable bonds is 2. The molecular weight excluding hydrogens is 312 g/mol. The fraction of sp³-hybridized carbons (Fsp3) is 0.412. The maximum Gasteiger partial charge on any atom is 0.252 e. The van der Waals surface area contributed by atoms with Crippen LogP contribution in [0.4, 0.5) is 0 Å². The first-order valence-corrected chi connectivity index (χ1v) is 7.87. The van der Waals surface area contributed by atoms with Gasteiger partial charge in [0.1, 0.15) is 18.3 Å². The molecule has 7 nitrogen and oxygen atoms in total. The first kappa shape index (κ1) is 15.3. The van der Waals surface area contributed by atoms with E-state index in [1.165, 1.54) is 10.6 Å². The fourth-order valence-electron chi connectivity index (χ4n) is 3.45. The highest BCUT2D eigenvalue weighted by Gasteiger charge is 2.47. The molecule has 0 unspecified atom stereocenters. The van der Waals surface area contributed by atoms with E-state index in [1.807, 2.05) is 18.2 Å². The van der Waals surface area contributed by atoms with Crippen LogP contribution >= 0.6 is 0 Å². The van der Waals surface area contributed by atoms with Crippen molar-refractivity contribution in [1.29, 1.82) is 0 Å². The quantitative estimate of drug-likeness (QED) is 0.796. The predicted molar refractivity (Wildman–Crippen MR) is 85.9 cm³/mol. The number of aryl methyl sites for hydroxylation is 1. The number of pyridine rings is 1. The highest BCUT2D eigenvalue weighted by molar-refractivity contribution is 6.06. The minimum atomic E-state index is -0.665. The van der Waals surface area contributed by atoms with Crippen LogP contribution in [0.25, 0.3) is 10.9 Å². The lowest BCUT2D eigenvalue weighted by Gasteiger charge is -2.18. The Hall–Kier alpha value is -2.22. The highest BCUT2D eigenvalue weighted by atomic mass is 16.6. The summed E-state index contributed by atoms with van der Waals surface area (Å²) in [5, 5.41) is 13.4. The van der Waals surface area contributed by atoms with Crippen molar-refractivity contribution in [2.24, 2.45) is 7.05 Å². The third-order valence-corrected chi connectivity index (χ3v) is 4.74. The van der Waals surface area contributed by atoms with Crippen molar-refractivity contribution in [3.8, 4) is 0 Å². The number of hydrogen-bond acceptors (Lipinski definition) is 5. The number of benzene rings is 1. The molecule has 0 saturated carbocycles. The summed E-state index contributed by atoms with van der Waals surface area (Å²) in [6, 6.07) is 8.27. The van der Waals surface area contributed by atoms with Gasteiger partial charge in [-0.1, -0.05) is 18.2 Å². The molecule has 4 atom stereocenters. The van der Waals surface area contributed by atoms with Crippen LogP contribution in [0.5, 0.6) is 0 Å². The van der Waals surface area contributed by atoms with Crippen LogP contribution < -0.4 is 10.9 Å². The van der Waals surface area contributed by atoms with E-state index in [4.69, 9.17) is 9.47 Å². The third kappa shape index (κ3) is 2.32. The van der Waals surface area contributed by atoms with Gasteiger partial charge in [0, 0.05) is 18.5 Å². The Kier molecular flexibility index (Phi) is 3.64. The highest BCUT2D eigenvalue weighted by Crippen LogP contribution is 2.27. The summed E-state index contributed by atoms with van der Waals surface area (Å²) in [5.41, 5.74) is 0.783. The minimum Gasteiger partial charge on any atom is -0.388 e. The van der Waals surface area contributed by atoms with E-state index >= 15 is 0 Å². The number of nitrogens with zero attached hydrogens (tertiary/aromatic N) is 1. The Morgan fingerprint density at radius 1 is 1.25 bits per heavy atom. The minimum absolute atomic E-state index is 0.205. The standard InChI is InChI=1S/C17H18N2O5/c1-19-12-5-3-2-4-9(12)10(6-14(19)21)17(22)18-11-7-23-16-13(20)8-24-15(11)16/h2-6,11,13,15-16,20H,7-8H2,1H3,(H,18,22)/t11-,13-,15-,16-/m1/s1. The molecule has 126 valence electrons. The second-order valence-corrected chi connectivity index (χ2v) is 6.22. The van der Waals surface area contributed by atoms with Crippen LogP contribution in [0, 0.1) is 0 Å². The van der Waals surface area contributed by atoms with Crippen LogP contribution in [0.15, 0.2) is 35.1 Å². The number of hydrogen-bond donors (Lipinski definition) is 2. The van der Waals surface area contributed by atoms with Crippen molar-refractivity contribution in [2.45, 2.75) is 24.4 Å². The fourth-order valence-corrected chi connectivity index (χ4v) is 3.45. The number of carbonyl (C=O) groups excluding carboxylic acids is 1. The van der Waals surface area contributed by atoms with Gasteiger partial charge < -0.3 is 24.5 Å². The van der Waals surface area contributed by atoms with Crippen molar-refractivity contribution < 1.29 is 19.4 Å². The van der Waals surface area contributed by atoms with E-state index in [9.17, 15) is 14.7 Å². The molecule has 3 heterocycles. The molecule has 0 spiro atoms. The summed E-state index contributed by atoms with van der Waals surface area (Å²) >= 11 is 0. The van der Waals surface area contributed by atoms with Gasteiger partial charge in [-0.3, -0.25) is 9.59 Å². The predicted octanol–water partition coefficient (Wildman–Crippen LogP) is -0.205. The summed E-state index contributed by atoms with van der Waals surface area (Å²) in [5.74, 6) is -0.344. The number of carbonyl (C=O) groups is 1. The molecule has 24 heavy (non-hydrogen) atoms. The number of fused-ring (bicyclic) bond motifs is 2. The number of aliphatic hydroxyl groups is 1. The number of para-hydroxylation sites is 1. The molecule has 2 saturated heterocycles. The molecule has 0 radical (unpaired) electrons. The maximum atomic E-state index is 12.7. The summed E-state index contributed by atoms with van der Waals surface area (Å²) < 4.78 is 12.5. The number of nitrogens with one attached hydrogen (secondary N) is 1. The summed E-state index contributed by atoms with van der Waals surface area (Å²) in [6.07, 6.45) is -1.43. The normalized spacial score (nSPS) is 28.9. The molecule has 1 aromatic heterocycles. The van der Waals surface area contributed by atoms with Crippen LogP contribution in [-0.2, 0) is 16.5 Å². The Labute approximate surface area is 137 Å². The van der Waals surface area contributed by atoms with Gasteiger partial charge in [-0.25, -0.2) is 0 Å². The lowest BCUT2D eigenvalue weighted by atomic mass is 10.1. The zero-order valence-corrected chi connectivity index (χ0v) is 13.1. The number of ether oxygens (including phenoxy) is 2. The molecule has 2 fully saturated rings. The lowest BCUT2D eigenvalue weighted by Crippen LogP contribution is -2.44. The topological polar surface area (TPSA) is 89.8 Å². The van der Waals surface area contributed by atoms with Crippen molar-refractivity contribution in [3.05, 3.63) is 46.2 Å². The maximum absolute atomic E-state index is 12.7. The summed E-state index contributed by atoms with van der Waals surface area (Å²) in [7, 11) is 1.68. The van der Waals surface area contributed by atoms with Crippen molar-refractivity contribution in [2.75, 3.05) is 13.2 Å². The van der Waals surface area contributed by atoms with Crippen molar-refractivity contribution in [1.82, 2.24) is 9.88 Å². The largest absolute Gasteiger partial charge is 0.388 e. The van der Waals surface area contributed by atoms with Gasteiger partial charge in [-0.2, -0.15) is 0 Å². The Morgan fingerprint density at radius 3 is 2.83 bits per heavy atom. The van der Waals surface area contributed by atoms with E-state index < -0.39 is 12.2 Å². The number of amides is 1. The first-order chi connectivity index (χ1) is 11.6. The Bertz CT molecular complexity index is 862. The van der Waals surface area contributed by atoms with Crippen LogP contribution in [0.3, 0.4) is 0 Å². The SMILES string of the molecule is Cn1c(=O)cc(C(=O)N[C@@H]2CO[C@H]3[C@@H]2OC[C@H]3O)c2ccccc21. The molecular formula is C17H18N2O5. The average molecular weight is 330 g/mol. The summed E-state index contributed by atoms with van der Waals surface area (Å²) in [4.78, 5) is 24.8. The van der Waals surface area contributed by atoms with E-state index in [1.54, 1.807) is 13.1 Å². The van der Waals surface area contributed by atoms with Crippen LogP contribution in [-0.4, -0.2) is 53.1 Å². The van der Waals surface area contributed by atoms with Crippen molar-refractivity contribution in [3.63, 3.8) is 0 Å². The van der Waals surface area contributed by atoms with Crippen molar-refractivity contribution >= 4 is 16.8 Å². The number of aliphatic hydroxyl groups excluding tert-OH is 1. The first-order valence-electron chi connectivity index (χ1n) is 7.87. The monoisotopic (exact) mass is 330 g/mol. The van der Waals surface area contributed by atoms with Crippen LogP contribution in [0.1, 0.15) is 10.4 Å². The zero-order valence-electron chi connectivity index (χ0n) is 13.1. The molecule has 2 aliphatic heterocycles. The van der Waals surface area contributed by atoms with Gasteiger partial charge >= 0.3 is 0 Å².